The largest absolute Gasteiger partial charge is 0.481 e. The van der Waals surface area contributed by atoms with Gasteiger partial charge in [-0.1, -0.05) is 37.3 Å². The Hall–Kier alpha value is -2.10. The van der Waals surface area contributed by atoms with Gasteiger partial charge in [0.25, 0.3) is 0 Å². The Balaban J connectivity index is 2.19. The molecular formula is C13H14N2O2. The minimum absolute atomic E-state index is 0.0579. The first-order valence-electron chi connectivity index (χ1n) is 5.49. The van der Waals surface area contributed by atoms with Crippen molar-refractivity contribution in [2.75, 3.05) is 0 Å². The molecule has 0 aliphatic heterocycles. The van der Waals surface area contributed by atoms with Crippen LogP contribution in [0, 0.1) is 0 Å². The third kappa shape index (κ3) is 2.72. The SMILES string of the molecule is CC(CC(=O)O)c1cc(-c2ccccc2)n[nH]1. The van der Waals surface area contributed by atoms with Crippen LogP contribution in [-0.4, -0.2) is 21.3 Å². The highest BCUT2D eigenvalue weighted by Gasteiger charge is 2.13. The van der Waals surface area contributed by atoms with E-state index in [4.69, 9.17) is 5.11 Å². The Morgan fingerprint density at radius 1 is 1.41 bits per heavy atom. The maximum Gasteiger partial charge on any atom is 0.304 e. The predicted molar refractivity (Wildman–Crippen MR) is 64.7 cm³/mol. The molecule has 0 aliphatic carbocycles. The van der Waals surface area contributed by atoms with E-state index < -0.39 is 5.97 Å². The average Bonchev–Trinajstić information content (AvgIpc) is 2.78. The molecule has 88 valence electrons. The van der Waals surface area contributed by atoms with E-state index in [1.54, 1.807) is 0 Å². The summed E-state index contributed by atoms with van der Waals surface area (Å²) < 4.78 is 0. The number of carboxylic acids is 1. The molecule has 2 rings (SSSR count). The molecule has 1 heterocycles. The van der Waals surface area contributed by atoms with Crippen molar-refractivity contribution in [2.45, 2.75) is 19.3 Å². The highest BCUT2D eigenvalue weighted by atomic mass is 16.4. The number of carboxylic acid groups (broad SMARTS) is 1. The van der Waals surface area contributed by atoms with Crippen LogP contribution in [0.25, 0.3) is 11.3 Å². The molecule has 4 heteroatoms. The van der Waals surface area contributed by atoms with Gasteiger partial charge >= 0.3 is 5.97 Å². The summed E-state index contributed by atoms with van der Waals surface area (Å²) in [6.07, 6.45) is 0.108. The molecule has 0 amide bonds. The number of rotatable bonds is 4. The molecule has 1 unspecified atom stereocenters. The number of nitrogens with one attached hydrogen (secondary N) is 1. The van der Waals surface area contributed by atoms with E-state index in [1.165, 1.54) is 0 Å². The lowest BCUT2D eigenvalue weighted by molar-refractivity contribution is -0.137. The Bertz CT molecular complexity index is 505. The van der Waals surface area contributed by atoms with E-state index in [-0.39, 0.29) is 12.3 Å². The fraction of sp³-hybridized carbons (Fsp3) is 0.231. The van der Waals surface area contributed by atoms with Gasteiger partial charge < -0.3 is 5.11 Å². The van der Waals surface area contributed by atoms with Gasteiger partial charge in [-0.3, -0.25) is 9.89 Å². The summed E-state index contributed by atoms with van der Waals surface area (Å²) in [7, 11) is 0. The molecule has 0 fully saturated rings. The summed E-state index contributed by atoms with van der Waals surface area (Å²) in [6, 6.07) is 11.7. The summed E-state index contributed by atoms with van der Waals surface area (Å²) in [4.78, 5) is 10.6. The van der Waals surface area contributed by atoms with Crippen LogP contribution in [0.3, 0.4) is 0 Å². The van der Waals surface area contributed by atoms with Gasteiger partial charge in [-0.25, -0.2) is 0 Å². The molecule has 0 radical (unpaired) electrons. The third-order valence-electron chi connectivity index (χ3n) is 2.68. The average molecular weight is 230 g/mol. The standard InChI is InChI=1S/C13H14N2O2/c1-9(7-13(16)17)11-8-12(15-14-11)10-5-3-2-4-6-10/h2-6,8-9H,7H2,1H3,(H,14,15)(H,16,17). The molecular weight excluding hydrogens is 216 g/mol. The minimum Gasteiger partial charge on any atom is -0.481 e. The smallest absolute Gasteiger partial charge is 0.304 e. The number of benzene rings is 1. The molecule has 2 aromatic rings. The number of hydrogen-bond acceptors (Lipinski definition) is 2. The van der Waals surface area contributed by atoms with Crippen LogP contribution in [0.1, 0.15) is 25.0 Å². The van der Waals surface area contributed by atoms with Crippen molar-refractivity contribution in [1.82, 2.24) is 10.2 Å². The van der Waals surface area contributed by atoms with Crippen molar-refractivity contribution in [3.05, 3.63) is 42.1 Å². The number of aromatic nitrogens is 2. The molecule has 1 aromatic carbocycles. The van der Waals surface area contributed by atoms with Gasteiger partial charge in [0.15, 0.2) is 0 Å². The first kappa shape index (κ1) is 11.4. The maximum atomic E-state index is 10.6. The minimum atomic E-state index is -0.798. The molecule has 4 nitrogen and oxygen atoms in total. The van der Waals surface area contributed by atoms with Crippen LogP contribution in [0.4, 0.5) is 0 Å². The van der Waals surface area contributed by atoms with Gasteiger partial charge in [-0.15, -0.1) is 0 Å². The number of nitrogens with zero attached hydrogens (tertiary/aromatic N) is 1. The molecule has 0 saturated heterocycles. The fourth-order valence-electron chi connectivity index (χ4n) is 1.72. The van der Waals surface area contributed by atoms with E-state index in [1.807, 2.05) is 43.3 Å². The lowest BCUT2D eigenvalue weighted by Gasteiger charge is -2.03. The highest BCUT2D eigenvalue weighted by Crippen LogP contribution is 2.22. The molecule has 2 N–H and O–H groups in total. The van der Waals surface area contributed by atoms with Gasteiger partial charge in [-0.05, 0) is 6.07 Å². The summed E-state index contributed by atoms with van der Waals surface area (Å²) in [5, 5.41) is 15.8. The van der Waals surface area contributed by atoms with E-state index in [0.29, 0.717) is 0 Å². The van der Waals surface area contributed by atoms with Gasteiger partial charge in [0.05, 0.1) is 12.1 Å². The van der Waals surface area contributed by atoms with Crippen molar-refractivity contribution < 1.29 is 9.90 Å². The van der Waals surface area contributed by atoms with Gasteiger partial charge in [0.2, 0.25) is 0 Å². The normalized spacial score (nSPS) is 12.3. The summed E-state index contributed by atoms with van der Waals surface area (Å²) in [6.45, 7) is 1.87. The van der Waals surface area contributed by atoms with E-state index in [2.05, 4.69) is 10.2 Å². The van der Waals surface area contributed by atoms with E-state index in [9.17, 15) is 4.79 Å². The monoisotopic (exact) mass is 230 g/mol. The van der Waals surface area contributed by atoms with Crippen LogP contribution in [0.5, 0.6) is 0 Å². The summed E-state index contributed by atoms with van der Waals surface area (Å²) in [5.41, 5.74) is 2.72. The van der Waals surface area contributed by atoms with E-state index in [0.717, 1.165) is 17.0 Å². The Morgan fingerprint density at radius 2 is 2.12 bits per heavy atom. The van der Waals surface area contributed by atoms with Crippen molar-refractivity contribution >= 4 is 5.97 Å². The zero-order chi connectivity index (χ0) is 12.3. The zero-order valence-electron chi connectivity index (χ0n) is 9.55. The van der Waals surface area contributed by atoms with Crippen LogP contribution >= 0.6 is 0 Å². The molecule has 0 bridgehead atoms. The third-order valence-corrected chi connectivity index (χ3v) is 2.68. The van der Waals surface area contributed by atoms with Crippen molar-refractivity contribution in [2.24, 2.45) is 0 Å². The number of aromatic amines is 1. The van der Waals surface area contributed by atoms with Crippen molar-refractivity contribution in [3.8, 4) is 11.3 Å². The fourth-order valence-corrected chi connectivity index (χ4v) is 1.72. The molecule has 1 aromatic heterocycles. The quantitative estimate of drug-likeness (QED) is 0.848. The Kier molecular flexibility index (Phi) is 3.23. The number of H-pyrrole nitrogens is 1. The second kappa shape index (κ2) is 4.82. The summed E-state index contributed by atoms with van der Waals surface area (Å²) >= 11 is 0. The van der Waals surface area contributed by atoms with E-state index >= 15 is 0 Å². The van der Waals surface area contributed by atoms with Crippen LogP contribution in [0.15, 0.2) is 36.4 Å². The van der Waals surface area contributed by atoms with Gasteiger partial charge in [0.1, 0.15) is 0 Å². The van der Waals surface area contributed by atoms with Crippen LogP contribution in [0.2, 0.25) is 0 Å². The van der Waals surface area contributed by atoms with Crippen LogP contribution < -0.4 is 0 Å². The summed E-state index contributed by atoms with van der Waals surface area (Å²) in [5.74, 6) is -0.856. The maximum absolute atomic E-state index is 10.6. The lowest BCUT2D eigenvalue weighted by Crippen LogP contribution is -2.02. The molecule has 0 aliphatic rings. The van der Waals surface area contributed by atoms with Crippen molar-refractivity contribution in [3.63, 3.8) is 0 Å². The first-order chi connectivity index (χ1) is 8.16. The lowest BCUT2D eigenvalue weighted by atomic mass is 10.0. The number of aliphatic carboxylic acids is 1. The van der Waals surface area contributed by atoms with Crippen LogP contribution in [-0.2, 0) is 4.79 Å². The number of carbonyl (C=O) groups is 1. The molecule has 0 saturated carbocycles. The first-order valence-corrected chi connectivity index (χ1v) is 5.49. The second-order valence-electron chi connectivity index (χ2n) is 4.07. The number of hydrogen-bond donors (Lipinski definition) is 2. The van der Waals surface area contributed by atoms with Gasteiger partial charge in [-0.2, -0.15) is 5.10 Å². The zero-order valence-corrected chi connectivity index (χ0v) is 9.55. The van der Waals surface area contributed by atoms with Crippen molar-refractivity contribution in [1.29, 1.82) is 0 Å². The Morgan fingerprint density at radius 3 is 2.76 bits per heavy atom. The van der Waals surface area contributed by atoms with Gasteiger partial charge in [0, 0.05) is 17.2 Å². The molecule has 1 atom stereocenters. The molecule has 0 spiro atoms. The second-order valence-corrected chi connectivity index (χ2v) is 4.07. The topological polar surface area (TPSA) is 66.0 Å². The molecule has 17 heavy (non-hydrogen) atoms. The Labute approximate surface area is 99.3 Å². The predicted octanol–water partition coefficient (Wildman–Crippen LogP) is 2.65. The highest BCUT2D eigenvalue weighted by molar-refractivity contribution is 5.68.